The number of amides is 1. The van der Waals surface area contributed by atoms with Crippen LogP contribution in [0.15, 0.2) is 36.7 Å². The van der Waals surface area contributed by atoms with E-state index in [1.165, 1.54) is 5.56 Å². The van der Waals surface area contributed by atoms with Crippen LogP contribution in [-0.2, 0) is 18.3 Å². The summed E-state index contributed by atoms with van der Waals surface area (Å²) < 4.78 is 1.87. The van der Waals surface area contributed by atoms with Crippen molar-refractivity contribution in [2.24, 2.45) is 13.0 Å². The maximum atomic E-state index is 12.2. The van der Waals surface area contributed by atoms with Crippen molar-refractivity contribution in [3.63, 3.8) is 0 Å². The standard InChI is InChI=1S/C17H24N4O/c1-13(2)15(14-7-5-4-6-8-14)11-17(22)18-10-9-16-20-19-12-21(16)3/h4-8,12-13,15H,9-11H2,1-3H3,(H,18,22)/t15-/m1/s1. The summed E-state index contributed by atoms with van der Waals surface area (Å²) in [7, 11) is 1.90. The molecule has 5 heteroatoms. The molecule has 0 fully saturated rings. The fourth-order valence-corrected chi connectivity index (χ4v) is 2.56. The molecule has 22 heavy (non-hydrogen) atoms. The highest BCUT2D eigenvalue weighted by Crippen LogP contribution is 2.27. The number of hydrogen-bond acceptors (Lipinski definition) is 3. The van der Waals surface area contributed by atoms with Gasteiger partial charge in [0.25, 0.3) is 0 Å². The lowest BCUT2D eigenvalue weighted by Crippen LogP contribution is -2.28. The molecule has 1 heterocycles. The third-order valence-corrected chi connectivity index (χ3v) is 3.91. The average molecular weight is 300 g/mol. The van der Waals surface area contributed by atoms with E-state index in [0.717, 1.165) is 5.82 Å². The molecule has 118 valence electrons. The molecule has 1 N–H and O–H groups in total. The Morgan fingerprint density at radius 2 is 2.00 bits per heavy atom. The quantitative estimate of drug-likeness (QED) is 0.853. The summed E-state index contributed by atoms with van der Waals surface area (Å²) >= 11 is 0. The smallest absolute Gasteiger partial charge is 0.220 e. The fourth-order valence-electron chi connectivity index (χ4n) is 2.56. The molecule has 1 aromatic carbocycles. The van der Waals surface area contributed by atoms with Gasteiger partial charge >= 0.3 is 0 Å². The minimum Gasteiger partial charge on any atom is -0.356 e. The molecule has 2 aromatic rings. The van der Waals surface area contributed by atoms with Gasteiger partial charge in [-0.25, -0.2) is 0 Å². The van der Waals surface area contributed by atoms with Crippen LogP contribution in [0.1, 0.15) is 37.6 Å². The highest BCUT2D eigenvalue weighted by molar-refractivity contribution is 5.76. The largest absolute Gasteiger partial charge is 0.356 e. The van der Waals surface area contributed by atoms with Gasteiger partial charge in [-0.2, -0.15) is 0 Å². The number of nitrogens with zero attached hydrogens (tertiary/aromatic N) is 3. The Kier molecular flexibility index (Phi) is 5.69. The first-order chi connectivity index (χ1) is 10.6. The molecule has 0 radical (unpaired) electrons. The van der Waals surface area contributed by atoms with Gasteiger partial charge in [0, 0.05) is 26.4 Å². The van der Waals surface area contributed by atoms with Gasteiger partial charge in [-0.15, -0.1) is 10.2 Å². The van der Waals surface area contributed by atoms with Crippen molar-refractivity contribution >= 4 is 5.91 Å². The van der Waals surface area contributed by atoms with Crippen LogP contribution in [0.25, 0.3) is 0 Å². The van der Waals surface area contributed by atoms with Crippen LogP contribution in [0.5, 0.6) is 0 Å². The van der Waals surface area contributed by atoms with Crippen LogP contribution >= 0.6 is 0 Å². The van der Waals surface area contributed by atoms with Crippen molar-refractivity contribution in [1.82, 2.24) is 20.1 Å². The average Bonchev–Trinajstić information content (AvgIpc) is 2.91. The van der Waals surface area contributed by atoms with Gasteiger partial charge in [-0.3, -0.25) is 4.79 Å². The van der Waals surface area contributed by atoms with E-state index in [9.17, 15) is 4.79 Å². The Balaban J connectivity index is 1.85. The first-order valence-electron chi connectivity index (χ1n) is 7.72. The monoisotopic (exact) mass is 300 g/mol. The normalized spacial score (nSPS) is 12.4. The van der Waals surface area contributed by atoms with E-state index in [1.807, 2.05) is 29.8 Å². The Morgan fingerprint density at radius 1 is 1.27 bits per heavy atom. The summed E-state index contributed by atoms with van der Waals surface area (Å²) in [4.78, 5) is 12.2. The lowest BCUT2D eigenvalue weighted by Gasteiger charge is -2.21. The molecule has 1 atom stereocenters. The second-order valence-corrected chi connectivity index (χ2v) is 5.92. The van der Waals surface area contributed by atoms with Gasteiger partial charge in [-0.1, -0.05) is 44.2 Å². The van der Waals surface area contributed by atoms with Crippen LogP contribution < -0.4 is 5.32 Å². The fraction of sp³-hybridized carbons (Fsp3) is 0.471. The zero-order chi connectivity index (χ0) is 15.9. The Labute approximate surface area is 131 Å². The molecule has 0 saturated heterocycles. The maximum absolute atomic E-state index is 12.2. The van der Waals surface area contributed by atoms with Gasteiger partial charge in [0.15, 0.2) is 0 Å². The minimum atomic E-state index is 0.0877. The number of aryl methyl sites for hydroxylation is 1. The van der Waals surface area contributed by atoms with Crippen molar-refractivity contribution in [3.8, 4) is 0 Å². The van der Waals surface area contributed by atoms with Gasteiger partial charge < -0.3 is 9.88 Å². The number of aromatic nitrogens is 3. The first kappa shape index (κ1) is 16.2. The van der Waals surface area contributed by atoms with Gasteiger partial charge in [0.1, 0.15) is 12.2 Å². The number of nitrogens with one attached hydrogen (secondary N) is 1. The lowest BCUT2D eigenvalue weighted by molar-refractivity contribution is -0.121. The summed E-state index contributed by atoms with van der Waals surface area (Å²) in [6, 6.07) is 10.2. The van der Waals surface area contributed by atoms with Crippen molar-refractivity contribution in [3.05, 3.63) is 48.0 Å². The molecule has 0 aliphatic carbocycles. The van der Waals surface area contributed by atoms with Crippen molar-refractivity contribution in [1.29, 1.82) is 0 Å². The highest BCUT2D eigenvalue weighted by atomic mass is 16.1. The van der Waals surface area contributed by atoms with Crippen molar-refractivity contribution in [2.75, 3.05) is 6.54 Å². The van der Waals surface area contributed by atoms with Crippen molar-refractivity contribution < 1.29 is 4.79 Å². The third-order valence-electron chi connectivity index (χ3n) is 3.91. The molecule has 0 aliphatic heterocycles. The summed E-state index contributed by atoms with van der Waals surface area (Å²) in [5, 5.41) is 10.8. The Bertz CT molecular complexity index is 592. The van der Waals surface area contributed by atoms with E-state index >= 15 is 0 Å². The summed E-state index contributed by atoms with van der Waals surface area (Å²) in [6.07, 6.45) is 2.88. The van der Waals surface area contributed by atoms with Gasteiger partial charge in [0.2, 0.25) is 5.91 Å². The van der Waals surface area contributed by atoms with Crippen molar-refractivity contribution in [2.45, 2.75) is 32.6 Å². The second kappa shape index (κ2) is 7.73. The number of carbonyl (C=O) groups is 1. The third kappa shape index (κ3) is 4.41. The zero-order valence-corrected chi connectivity index (χ0v) is 13.5. The van der Waals surface area contributed by atoms with E-state index in [1.54, 1.807) is 6.33 Å². The molecule has 0 spiro atoms. The molecular formula is C17H24N4O. The maximum Gasteiger partial charge on any atom is 0.220 e. The van der Waals surface area contributed by atoms with Gasteiger partial charge in [0.05, 0.1) is 0 Å². The molecular weight excluding hydrogens is 276 g/mol. The van der Waals surface area contributed by atoms with E-state index in [0.29, 0.717) is 25.3 Å². The zero-order valence-electron chi connectivity index (χ0n) is 13.5. The molecule has 2 rings (SSSR count). The summed E-state index contributed by atoms with van der Waals surface area (Å²) in [6.45, 7) is 4.90. The molecule has 0 saturated carbocycles. The second-order valence-electron chi connectivity index (χ2n) is 5.92. The summed E-state index contributed by atoms with van der Waals surface area (Å²) in [5.41, 5.74) is 1.22. The Morgan fingerprint density at radius 3 is 2.59 bits per heavy atom. The van der Waals surface area contributed by atoms with Crippen LogP contribution in [0, 0.1) is 5.92 Å². The van der Waals surface area contributed by atoms with E-state index in [4.69, 9.17) is 0 Å². The molecule has 1 amide bonds. The highest BCUT2D eigenvalue weighted by Gasteiger charge is 2.19. The van der Waals surface area contributed by atoms with Crippen LogP contribution in [0.2, 0.25) is 0 Å². The first-order valence-corrected chi connectivity index (χ1v) is 7.72. The molecule has 0 unspecified atom stereocenters. The topological polar surface area (TPSA) is 59.8 Å². The number of rotatable bonds is 7. The molecule has 0 bridgehead atoms. The van der Waals surface area contributed by atoms with Crippen LogP contribution in [0.3, 0.4) is 0 Å². The van der Waals surface area contributed by atoms with E-state index in [-0.39, 0.29) is 11.8 Å². The van der Waals surface area contributed by atoms with Gasteiger partial charge in [-0.05, 0) is 17.4 Å². The number of carbonyl (C=O) groups excluding carboxylic acids is 1. The lowest BCUT2D eigenvalue weighted by atomic mass is 9.85. The number of benzene rings is 1. The predicted octanol–water partition coefficient (Wildman–Crippen LogP) is 2.30. The van der Waals surface area contributed by atoms with Crippen LogP contribution in [-0.4, -0.2) is 27.2 Å². The molecule has 1 aromatic heterocycles. The van der Waals surface area contributed by atoms with Crippen LogP contribution in [0.4, 0.5) is 0 Å². The minimum absolute atomic E-state index is 0.0877. The SMILES string of the molecule is CC(C)[C@@H](CC(=O)NCCc1nncn1C)c1ccccc1. The van der Waals surface area contributed by atoms with E-state index in [2.05, 4.69) is 41.5 Å². The molecule has 5 nitrogen and oxygen atoms in total. The molecule has 0 aliphatic rings. The van der Waals surface area contributed by atoms with E-state index < -0.39 is 0 Å². The Hall–Kier alpha value is -2.17. The number of hydrogen-bond donors (Lipinski definition) is 1. The predicted molar refractivity (Wildman–Crippen MR) is 86.4 cm³/mol. The summed E-state index contributed by atoms with van der Waals surface area (Å²) in [5.74, 6) is 1.64.